The fourth-order valence-electron chi connectivity index (χ4n) is 1.22. The fourth-order valence-corrected chi connectivity index (χ4v) is 2.27. The first-order chi connectivity index (χ1) is 6.61. The first-order valence-corrected chi connectivity index (χ1v) is 5.52. The summed E-state index contributed by atoms with van der Waals surface area (Å²) in [7, 11) is 0. The summed E-state index contributed by atoms with van der Waals surface area (Å²) >= 11 is 1.52. The van der Waals surface area contributed by atoms with E-state index in [1.54, 1.807) is 0 Å². The molecule has 0 bridgehead atoms. The number of thioether (sulfide) groups is 1. The molecule has 2 atom stereocenters. The second-order valence-electron chi connectivity index (χ2n) is 3.15. The fraction of sp³-hybridized carbons (Fsp3) is 0.750. The molecule has 4 N–H and O–H groups in total. The van der Waals surface area contributed by atoms with E-state index in [1.165, 1.54) is 11.8 Å². The number of carbonyl (C=O) groups is 2. The van der Waals surface area contributed by atoms with Gasteiger partial charge in [-0.2, -0.15) is 0 Å². The van der Waals surface area contributed by atoms with Gasteiger partial charge in [-0.15, -0.1) is 11.8 Å². The zero-order valence-electron chi connectivity index (χ0n) is 7.73. The molecular weight excluding hydrogens is 204 g/mol. The van der Waals surface area contributed by atoms with Gasteiger partial charge in [0.05, 0.1) is 6.04 Å². The minimum Gasteiger partial charge on any atom is -0.481 e. The summed E-state index contributed by atoms with van der Waals surface area (Å²) in [6, 6.07) is -0.658. The van der Waals surface area contributed by atoms with Crippen molar-refractivity contribution in [2.45, 2.75) is 24.3 Å². The van der Waals surface area contributed by atoms with Crippen LogP contribution in [0.25, 0.3) is 0 Å². The molecule has 1 fully saturated rings. The van der Waals surface area contributed by atoms with E-state index in [2.05, 4.69) is 5.32 Å². The van der Waals surface area contributed by atoms with E-state index in [0.717, 1.165) is 12.3 Å². The molecule has 1 unspecified atom stereocenters. The molecule has 0 aromatic heterocycles. The van der Waals surface area contributed by atoms with Gasteiger partial charge >= 0.3 is 5.97 Å². The maximum absolute atomic E-state index is 11.6. The average molecular weight is 218 g/mol. The van der Waals surface area contributed by atoms with Crippen molar-refractivity contribution < 1.29 is 14.7 Å². The molecule has 1 saturated heterocycles. The zero-order chi connectivity index (χ0) is 10.6. The molecule has 0 saturated carbocycles. The van der Waals surface area contributed by atoms with Crippen LogP contribution in [0.4, 0.5) is 0 Å². The van der Waals surface area contributed by atoms with Crippen LogP contribution >= 0.6 is 11.8 Å². The summed E-state index contributed by atoms with van der Waals surface area (Å²) in [4.78, 5) is 21.8. The molecule has 80 valence electrons. The minimum atomic E-state index is -0.916. The summed E-state index contributed by atoms with van der Waals surface area (Å²) in [6.07, 6.45) is 0.164. The Morgan fingerprint density at radius 2 is 2.36 bits per heavy atom. The van der Waals surface area contributed by atoms with E-state index < -0.39 is 12.0 Å². The van der Waals surface area contributed by atoms with Crippen LogP contribution in [0.1, 0.15) is 12.8 Å². The molecule has 1 aliphatic rings. The third-order valence-electron chi connectivity index (χ3n) is 2.01. The predicted molar refractivity (Wildman–Crippen MR) is 54.1 cm³/mol. The van der Waals surface area contributed by atoms with E-state index in [-0.39, 0.29) is 24.0 Å². The van der Waals surface area contributed by atoms with Crippen molar-refractivity contribution in [3.8, 4) is 0 Å². The Hall–Kier alpha value is -0.590. The van der Waals surface area contributed by atoms with Gasteiger partial charge in [0.15, 0.2) is 5.78 Å². The van der Waals surface area contributed by atoms with Crippen molar-refractivity contribution in [1.82, 2.24) is 5.32 Å². The molecule has 6 heteroatoms. The Balaban J connectivity index is 2.31. The van der Waals surface area contributed by atoms with Gasteiger partial charge in [-0.05, 0) is 6.42 Å². The molecule has 0 aromatic rings. The van der Waals surface area contributed by atoms with E-state index in [4.69, 9.17) is 10.8 Å². The Morgan fingerprint density at radius 3 is 2.86 bits per heavy atom. The third kappa shape index (κ3) is 3.28. The lowest BCUT2D eigenvalue weighted by atomic mass is 10.1. The van der Waals surface area contributed by atoms with Gasteiger partial charge in [0.1, 0.15) is 5.37 Å². The number of carbonyl (C=O) groups excluding carboxylic acids is 1. The van der Waals surface area contributed by atoms with Gasteiger partial charge < -0.3 is 10.8 Å². The largest absolute Gasteiger partial charge is 0.481 e. The van der Waals surface area contributed by atoms with Crippen molar-refractivity contribution in [3.63, 3.8) is 0 Å². The lowest BCUT2D eigenvalue weighted by Gasteiger charge is -2.13. The van der Waals surface area contributed by atoms with Crippen molar-refractivity contribution in [2.24, 2.45) is 5.73 Å². The molecular formula is C8H14N2O3S. The van der Waals surface area contributed by atoms with Crippen LogP contribution in [-0.4, -0.2) is 40.6 Å². The summed E-state index contributed by atoms with van der Waals surface area (Å²) < 4.78 is 0. The first-order valence-electron chi connectivity index (χ1n) is 4.47. The normalized spacial score (nSPS) is 23.4. The Bertz CT molecular complexity index is 229. The zero-order valence-corrected chi connectivity index (χ0v) is 8.55. The smallest absolute Gasteiger partial charge is 0.303 e. The number of Topliss-reactive ketones (excluding diaryl/α,β-unsaturated/α-hetero) is 1. The van der Waals surface area contributed by atoms with Crippen LogP contribution in [0.3, 0.4) is 0 Å². The van der Waals surface area contributed by atoms with Crippen molar-refractivity contribution in [3.05, 3.63) is 0 Å². The van der Waals surface area contributed by atoms with E-state index in [1.807, 2.05) is 0 Å². The molecule has 5 nitrogen and oxygen atoms in total. The van der Waals surface area contributed by atoms with Gasteiger partial charge in [0.2, 0.25) is 0 Å². The standard InChI is InChI=1S/C8H14N2O3S/c9-5(1-2-6(11)12)7(13)8-10-3-4-14-8/h5,8,10H,1-4,9H2,(H,11,12)/t5-,8?/m0/s1. The SMILES string of the molecule is N[C@@H](CCC(=O)O)C(=O)C1NCCS1. The third-order valence-corrected chi connectivity index (χ3v) is 3.18. The number of aliphatic carboxylic acids is 1. The number of nitrogens with two attached hydrogens (primary N) is 1. The van der Waals surface area contributed by atoms with Crippen molar-refractivity contribution in [2.75, 3.05) is 12.3 Å². The molecule has 14 heavy (non-hydrogen) atoms. The van der Waals surface area contributed by atoms with Gasteiger partial charge in [-0.3, -0.25) is 14.9 Å². The molecule has 0 aliphatic carbocycles. The molecule has 0 aromatic carbocycles. The van der Waals surface area contributed by atoms with Crippen LogP contribution in [0, 0.1) is 0 Å². The number of carboxylic acid groups (broad SMARTS) is 1. The lowest BCUT2D eigenvalue weighted by Crippen LogP contribution is -2.42. The average Bonchev–Trinajstić information content (AvgIpc) is 2.65. The maximum atomic E-state index is 11.6. The maximum Gasteiger partial charge on any atom is 0.303 e. The Kier molecular flexibility index (Phi) is 4.37. The van der Waals surface area contributed by atoms with E-state index in [0.29, 0.717) is 0 Å². The summed E-state index contributed by atoms with van der Waals surface area (Å²) in [5, 5.41) is 11.2. The van der Waals surface area contributed by atoms with Crippen LogP contribution < -0.4 is 11.1 Å². The molecule has 0 amide bonds. The Labute approximate surface area is 86.4 Å². The molecule has 0 spiro atoms. The monoisotopic (exact) mass is 218 g/mol. The topological polar surface area (TPSA) is 92.4 Å². The molecule has 1 heterocycles. The molecule has 1 aliphatic heterocycles. The number of hydrogen-bond acceptors (Lipinski definition) is 5. The summed E-state index contributed by atoms with van der Waals surface area (Å²) in [6.45, 7) is 0.812. The van der Waals surface area contributed by atoms with Crippen LogP contribution in [0.5, 0.6) is 0 Å². The van der Waals surface area contributed by atoms with Crippen LogP contribution in [0.15, 0.2) is 0 Å². The lowest BCUT2D eigenvalue weighted by molar-refractivity contribution is -0.137. The van der Waals surface area contributed by atoms with Crippen LogP contribution in [-0.2, 0) is 9.59 Å². The highest BCUT2D eigenvalue weighted by Gasteiger charge is 2.27. The number of ketones is 1. The van der Waals surface area contributed by atoms with Gasteiger partial charge in [-0.1, -0.05) is 0 Å². The van der Waals surface area contributed by atoms with Crippen molar-refractivity contribution >= 4 is 23.5 Å². The highest BCUT2D eigenvalue weighted by Crippen LogP contribution is 2.16. The van der Waals surface area contributed by atoms with Gasteiger partial charge in [0, 0.05) is 18.7 Å². The van der Waals surface area contributed by atoms with E-state index >= 15 is 0 Å². The van der Waals surface area contributed by atoms with Gasteiger partial charge in [0.25, 0.3) is 0 Å². The minimum absolute atomic E-state index is 0.0513. The Morgan fingerprint density at radius 1 is 1.64 bits per heavy atom. The number of nitrogens with one attached hydrogen (secondary N) is 1. The second kappa shape index (κ2) is 5.33. The number of rotatable bonds is 5. The summed E-state index contributed by atoms with van der Waals surface area (Å²) in [5.74, 6) is -0.101. The molecule has 0 radical (unpaired) electrons. The highest BCUT2D eigenvalue weighted by molar-refractivity contribution is 8.00. The van der Waals surface area contributed by atoms with E-state index in [9.17, 15) is 9.59 Å². The number of carboxylic acids is 1. The highest BCUT2D eigenvalue weighted by atomic mass is 32.2. The second-order valence-corrected chi connectivity index (χ2v) is 4.36. The van der Waals surface area contributed by atoms with Gasteiger partial charge in [-0.25, -0.2) is 0 Å². The van der Waals surface area contributed by atoms with Crippen LogP contribution in [0.2, 0.25) is 0 Å². The van der Waals surface area contributed by atoms with Crippen molar-refractivity contribution in [1.29, 1.82) is 0 Å². The summed E-state index contributed by atoms with van der Waals surface area (Å²) in [5.41, 5.74) is 5.58. The first kappa shape index (κ1) is 11.5. The predicted octanol–water partition coefficient (Wildman–Crippen LogP) is -0.590. The molecule has 1 rings (SSSR count). The number of hydrogen-bond donors (Lipinski definition) is 3. The quantitative estimate of drug-likeness (QED) is 0.571.